The van der Waals surface area contributed by atoms with Crippen molar-refractivity contribution in [3.63, 3.8) is 0 Å². The molecule has 2 atom stereocenters. The van der Waals surface area contributed by atoms with Gasteiger partial charge < -0.3 is 5.11 Å². The smallest absolute Gasteiger partial charge is 0.0838 e. The second kappa shape index (κ2) is 3.93. The van der Waals surface area contributed by atoms with Crippen LogP contribution in [0.4, 0.5) is 0 Å². The van der Waals surface area contributed by atoms with Gasteiger partial charge in [0.15, 0.2) is 0 Å². The Balaban J connectivity index is 2.34. The first-order valence-electron chi connectivity index (χ1n) is 5.73. The standard InChI is InChI=1S/C13H19NO/c1-8(2)11-5-4-10-6-9(3)14-7-12(10)13(11)15/h6-8,11,13,15H,4-5H2,1-3H3. The van der Waals surface area contributed by atoms with Gasteiger partial charge in [0.1, 0.15) is 0 Å². The van der Waals surface area contributed by atoms with Crippen LogP contribution in [0.5, 0.6) is 0 Å². The normalized spacial score (nSPS) is 25.4. The fourth-order valence-electron chi connectivity index (χ4n) is 2.52. The molecular weight excluding hydrogens is 186 g/mol. The molecule has 0 bridgehead atoms. The van der Waals surface area contributed by atoms with Crippen molar-refractivity contribution in [2.24, 2.45) is 11.8 Å². The Morgan fingerprint density at radius 1 is 1.47 bits per heavy atom. The second-order valence-corrected chi connectivity index (χ2v) is 4.92. The number of fused-ring (bicyclic) bond motifs is 1. The summed E-state index contributed by atoms with van der Waals surface area (Å²) in [6.45, 7) is 6.36. The lowest BCUT2D eigenvalue weighted by Crippen LogP contribution is -2.25. The number of rotatable bonds is 1. The van der Waals surface area contributed by atoms with Crippen molar-refractivity contribution in [1.82, 2.24) is 4.98 Å². The summed E-state index contributed by atoms with van der Waals surface area (Å²) in [7, 11) is 0. The summed E-state index contributed by atoms with van der Waals surface area (Å²) in [5.41, 5.74) is 3.38. The molecule has 0 aromatic carbocycles. The Hall–Kier alpha value is -0.890. The molecule has 1 aliphatic carbocycles. The Labute approximate surface area is 91.4 Å². The number of nitrogens with zero attached hydrogens (tertiary/aromatic N) is 1. The lowest BCUT2D eigenvalue weighted by Gasteiger charge is -2.32. The maximum atomic E-state index is 10.2. The predicted octanol–water partition coefficient (Wildman–Crippen LogP) is 2.64. The van der Waals surface area contributed by atoms with Crippen LogP contribution >= 0.6 is 0 Å². The van der Waals surface area contributed by atoms with Crippen LogP contribution < -0.4 is 0 Å². The third-order valence-electron chi connectivity index (χ3n) is 3.49. The van der Waals surface area contributed by atoms with Crippen LogP contribution in [0.2, 0.25) is 0 Å². The molecular formula is C13H19NO. The van der Waals surface area contributed by atoms with Crippen LogP contribution in [-0.4, -0.2) is 10.1 Å². The summed E-state index contributed by atoms with van der Waals surface area (Å²) in [6, 6.07) is 2.11. The lowest BCUT2D eigenvalue weighted by molar-refractivity contribution is 0.0666. The molecule has 1 heterocycles. The Bertz CT molecular complexity index is 360. The molecule has 2 rings (SSSR count). The van der Waals surface area contributed by atoms with Crippen LogP contribution in [0, 0.1) is 18.8 Å². The Morgan fingerprint density at radius 3 is 2.87 bits per heavy atom. The maximum Gasteiger partial charge on any atom is 0.0838 e. The highest BCUT2D eigenvalue weighted by molar-refractivity contribution is 5.31. The number of aliphatic hydroxyl groups is 1. The second-order valence-electron chi connectivity index (χ2n) is 4.92. The molecule has 1 N–H and O–H groups in total. The molecule has 0 fully saturated rings. The van der Waals surface area contributed by atoms with Gasteiger partial charge in [0, 0.05) is 17.5 Å². The molecule has 0 spiro atoms. The minimum absolute atomic E-state index is 0.318. The van der Waals surface area contributed by atoms with Crippen LogP contribution in [0.3, 0.4) is 0 Å². The van der Waals surface area contributed by atoms with Gasteiger partial charge in [-0.25, -0.2) is 0 Å². The quantitative estimate of drug-likeness (QED) is 0.764. The van der Waals surface area contributed by atoms with E-state index in [9.17, 15) is 5.11 Å². The summed E-state index contributed by atoms with van der Waals surface area (Å²) >= 11 is 0. The number of hydrogen-bond donors (Lipinski definition) is 1. The molecule has 15 heavy (non-hydrogen) atoms. The fourth-order valence-corrected chi connectivity index (χ4v) is 2.52. The van der Waals surface area contributed by atoms with E-state index in [0.717, 1.165) is 24.1 Å². The number of aromatic nitrogens is 1. The molecule has 0 aliphatic heterocycles. The zero-order valence-corrected chi connectivity index (χ0v) is 9.70. The van der Waals surface area contributed by atoms with E-state index in [0.29, 0.717) is 11.8 Å². The topological polar surface area (TPSA) is 33.1 Å². The fraction of sp³-hybridized carbons (Fsp3) is 0.615. The van der Waals surface area contributed by atoms with E-state index in [2.05, 4.69) is 24.9 Å². The van der Waals surface area contributed by atoms with E-state index in [4.69, 9.17) is 0 Å². The zero-order valence-electron chi connectivity index (χ0n) is 9.70. The number of hydrogen-bond acceptors (Lipinski definition) is 2. The number of aliphatic hydroxyl groups excluding tert-OH is 1. The minimum Gasteiger partial charge on any atom is -0.388 e. The monoisotopic (exact) mass is 205 g/mol. The van der Waals surface area contributed by atoms with Crippen molar-refractivity contribution in [3.8, 4) is 0 Å². The van der Waals surface area contributed by atoms with E-state index in [1.807, 2.05) is 13.1 Å². The average Bonchev–Trinajstić information content (AvgIpc) is 2.17. The van der Waals surface area contributed by atoms with E-state index in [1.54, 1.807) is 0 Å². The molecule has 82 valence electrons. The van der Waals surface area contributed by atoms with Gasteiger partial charge in [0.05, 0.1) is 6.10 Å². The first-order valence-corrected chi connectivity index (χ1v) is 5.73. The molecule has 2 unspecified atom stereocenters. The minimum atomic E-state index is -0.318. The molecule has 2 heteroatoms. The highest BCUT2D eigenvalue weighted by Crippen LogP contribution is 2.38. The molecule has 1 aromatic heterocycles. The molecule has 0 amide bonds. The van der Waals surface area contributed by atoms with Crippen molar-refractivity contribution in [2.75, 3.05) is 0 Å². The van der Waals surface area contributed by atoms with Gasteiger partial charge >= 0.3 is 0 Å². The molecule has 1 aliphatic rings. The van der Waals surface area contributed by atoms with E-state index in [-0.39, 0.29) is 6.10 Å². The average molecular weight is 205 g/mol. The van der Waals surface area contributed by atoms with Gasteiger partial charge in [-0.15, -0.1) is 0 Å². The number of pyridine rings is 1. The third-order valence-corrected chi connectivity index (χ3v) is 3.49. The van der Waals surface area contributed by atoms with Crippen LogP contribution in [0.1, 0.15) is 43.2 Å². The lowest BCUT2D eigenvalue weighted by atomic mass is 9.76. The summed E-state index contributed by atoms with van der Waals surface area (Å²) in [6.07, 6.45) is 3.71. The number of aryl methyl sites for hydroxylation is 2. The molecule has 0 saturated heterocycles. The predicted molar refractivity (Wildman–Crippen MR) is 60.6 cm³/mol. The Kier molecular flexibility index (Phi) is 2.79. The molecule has 1 aromatic rings. The van der Waals surface area contributed by atoms with E-state index >= 15 is 0 Å². The van der Waals surface area contributed by atoms with E-state index < -0.39 is 0 Å². The van der Waals surface area contributed by atoms with Crippen LogP contribution in [-0.2, 0) is 6.42 Å². The van der Waals surface area contributed by atoms with Crippen LogP contribution in [0.15, 0.2) is 12.3 Å². The highest BCUT2D eigenvalue weighted by atomic mass is 16.3. The zero-order chi connectivity index (χ0) is 11.0. The van der Waals surface area contributed by atoms with Crippen molar-refractivity contribution >= 4 is 0 Å². The SMILES string of the molecule is Cc1cc2c(cn1)C(O)C(C(C)C)CC2. The third kappa shape index (κ3) is 1.91. The molecule has 2 nitrogen and oxygen atoms in total. The first kappa shape index (κ1) is 10.6. The summed E-state index contributed by atoms with van der Waals surface area (Å²) < 4.78 is 0. The van der Waals surface area contributed by atoms with Crippen molar-refractivity contribution in [3.05, 3.63) is 29.1 Å². The summed E-state index contributed by atoms with van der Waals surface area (Å²) in [4.78, 5) is 4.28. The highest BCUT2D eigenvalue weighted by Gasteiger charge is 2.30. The Morgan fingerprint density at radius 2 is 2.20 bits per heavy atom. The van der Waals surface area contributed by atoms with Crippen LogP contribution in [0.25, 0.3) is 0 Å². The van der Waals surface area contributed by atoms with Gasteiger partial charge in [-0.05, 0) is 43.2 Å². The van der Waals surface area contributed by atoms with Gasteiger partial charge in [-0.3, -0.25) is 4.98 Å². The largest absolute Gasteiger partial charge is 0.388 e. The van der Waals surface area contributed by atoms with Gasteiger partial charge in [0.25, 0.3) is 0 Å². The molecule has 0 radical (unpaired) electrons. The maximum absolute atomic E-state index is 10.2. The molecule has 0 saturated carbocycles. The van der Waals surface area contributed by atoms with Gasteiger partial charge in [-0.2, -0.15) is 0 Å². The van der Waals surface area contributed by atoms with Gasteiger partial charge in [-0.1, -0.05) is 13.8 Å². The summed E-state index contributed by atoms with van der Waals surface area (Å²) in [5, 5.41) is 10.2. The van der Waals surface area contributed by atoms with Crippen molar-refractivity contribution < 1.29 is 5.11 Å². The summed E-state index contributed by atoms with van der Waals surface area (Å²) in [5.74, 6) is 0.927. The van der Waals surface area contributed by atoms with E-state index in [1.165, 1.54) is 5.56 Å². The first-order chi connectivity index (χ1) is 7.09. The van der Waals surface area contributed by atoms with Crippen molar-refractivity contribution in [2.45, 2.75) is 39.7 Å². The van der Waals surface area contributed by atoms with Gasteiger partial charge in [0.2, 0.25) is 0 Å². The van der Waals surface area contributed by atoms with Crippen molar-refractivity contribution in [1.29, 1.82) is 0 Å².